The predicted molar refractivity (Wildman–Crippen MR) is 87.1 cm³/mol. The third-order valence-corrected chi connectivity index (χ3v) is 4.00. The third kappa shape index (κ3) is 4.80. The van der Waals surface area contributed by atoms with E-state index in [0.717, 1.165) is 6.54 Å². The number of hydrogen-bond donors (Lipinski definition) is 3. The molecular weight excluding hydrogens is 278 g/mol. The van der Waals surface area contributed by atoms with Crippen LogP contribution in [-0.2, 0) is 11.3 Å². The number of carbonyl (C=O) groups is 1. The van der Waals surface area contributed by atoms with Gasteiger partial charge in [-0.15, -0.1) is 0 Å². The molecule has 3 unspecified atom stereocenters. The standard InChI is InChI=1S/C17H27N3O2/c1-12(2)8-14(18)17(22)19-15-10-20(11-16(15)21)9-13-6-4-3-5-7-13/h3-7,12,14-16,21H,8-11,18H2,1-2H3,(H,19,22). The Bertz CT molecular complexity index is 478. The lowest BCUT2D eigenvalue weighted by molar-refractivity contribution is -0.123. The van der Waals surface area contributed by atoms with E-state index in [0.29, 0.717) is 25.4 Å². The summed E-state index contributed by atoms with van der Waals surface area (Å²) in [6, 6.07) is 9.39. The number of nitrogens with zero attached hydrogens (tertiary/aromatic N) is 1. The Hall–Kier alpha value is -1.43. The molecule has 5 nitrogen and oxygen atoms in total. The second kappa shape index (κ2) is 7.72. The van der Waals surface area contributed by atoms with Crippen molar-refractivity contribution in [1.29, 1.82) is 0 Å². The van der Waals surface area contributed by atoms with Crippen molar-refractivity contribution in [2.75, 3.05) is 13.1 Å². The van der Waals surface area contributed by atoms with Crippen molar-refractivity contribution in [2.24, 2.45) is 11.7 Å². The highest BCUT2D eigenvalue weighted by Gasteiger charge is 2.33. The van der Waals surface area contributed by atoms with Crippen LogP contribution in [0.1, 0.15) is 25.8 Å². The van der Waals surface area contributed by atoms with Crippen molar-refractivity contribution in [1.82, 2.24) is 10.2 Å². The maximum Gasteiger partial charge on any atom is 0.237 e. The van der Waals surface area contributed by atoms with Crippen molar-refractivity contribution in [3.05, 3.63) is 35.9 Å². The van der Waals surface area contributed by atoms with Gasteiger partial charge in [0, 0.05) is 19.6 Å². The summed E-state index contributed by atoms with van der Waals surface area (Å²) in [6.45, 7) is 6.08. The first-order chi connectivity index (χ1) is 10.5. The average Bonchev–Trinajstić information content (AvgIpc) is 2.79. The maximum atomic E-state index is 12.1. The average molecular weight is 305 g/mol. The van der Waals surface area contributed by atoms with Crippen LogP contribution in [0, 0.1) is 5.92 Å². The number of carbonyl (C=O) groups excluding carboxylic acids is 1. The van der Waals surface area contributed by atoms with Crippen molar-refractivity contribution in [3.8, 4) is 0 Å². The number of benzene rings is 1. The van der Waals surface area contributed by atoms with E-state index in [1.165, 1.54) is 5.56 Å². The van der Waals surface area contributed by atoms with E-state index in [2.05, 4.69) is 22.3 Å². The monoisotopic (exact) mass is 305 g/mol. The Morgan fingerprint density at radius 1 is 1.36 bits per heavy atom. The van der Waals surface area contributed by atoms with Crippen molar-refractivity contribution >= 4 is 5.91 Å². The van der Waals surface area contributed by atoms with E-state index >= 15 is 0 Å². The molecule has 3 atom stereocenters. The summed E-state index contributed by atoms with van der Waals surface area (Å²) in [5.74, 6) is 0.211. The molecule has 2 rings (SSSR count). The van der Waals surface area contributed by atoms with Crippen molar-refractivity contribution in [2.45, 2.75) is 45.0 Å². The molecule has 0 bridgehead atoms. The fraction of sp³-hybridized carbons (Fsp3) is 0.588. The van der Waals surface area contributed by atoms with Crippen LogP contribution in [-0.4, -0.2) is 47.2 Å². The van der Waals surface area contributed by atoms with Gasteiger partial charge in [-0.2, -0.15) is 0 Å². The van der Waals surface area contributed by atoms with Gasteiger partial charge in [0.15, 0.2) is 0 Å². The van der Waals surface area contributed by atoms with E-state index < -0.39 is 12.1 Å². The molecule has 1 aromatic rings. The lowest BCUT2D eigenvalue weighted by atomic mass is 10.0. The van der Waals surface area contributed by atoms with E-state index in [1.807, 2.05) is 32.0 Å². The number of β-amino-alcohol motifs (C(OH)–C–C–N with tert-alkyl or cyclic N) is 1. The highest BCUT2D eigenvalue weighted by Crippen LogP contribution is 2.14. The minimum Gasteiger partial charge on any atom is -0.390 e. The van der Waals surface area contributed by atoms with Crippen molar-refractivity contribution in [3.63, 3.8) is 0 Å². The fourth-order valence-corrected chi connectivity index (χ4v) is 2.88. The molecule has 0 radical (unpaired) electrons. The van der Waals surface area contributed by atoms with Crippen LogP contribution in [0.25, 0.3) is 0 Å². The number of aliphatic hydroxyl groups excluding tert-OH is 1. The minimum atomic E-state index is -0.543. The zero-order valence-electron chi connectivity index (χ0n) is 13.4. The van der Waals surface area contributed by atoms with Gasteiger partial charge in [0.1, 0.15) is 0 Å². The number of aliphatic hydroxyl groups is 1. The van der Waals surface area contributed by atoms with Gasteiger partial charge >= 0.3 is 0 Å². The van der Waals surface area contributed by atoms with Crippen LogP contribution >= 0.6 is 0 Å². The second-order valence-corrected chi connectivity index (χ2v) is 6.60. The summed E-state index contributed by atoms with van der Waals surface area (Å²) in [4.78, 5) is 14.2. The Morgan fingerprint density at radius 3 is 2.68 bits per heavy atom. The smallest absolute Gasteiger partial charge is 0.237 e. The topological polar surface area (TPSA) is 78.6 Å². The van der Waals surface area contributed by atoms with Crippen LogP contribution < -0.4 is 11.1 Å². The van der Waals surface area contributed by atoms with Crippen molar-refractivity contribution < 1.29 is 9.90 Å². The lowest BCUT2D eigenvalue weighted by Gasteiger charge is -2.20. The molecule has 4 N–H and O–H groups in total. The number of nitrogens with one attached hydrogen (secondary N) is 1. The molecule has 1 aromatic carbocycles. The summed E-state index contributed by atoms with van der Waals surface area (Å²) < 4.78 is 0. The summed E-state index contributed by atoms with van der Waals surface area (Å²) in [5.41, 5.74) is 7.10. The fourth-order valence-electron chi connectivity index (χ4n) is 2.88. The van der Waals surface area contributed by atoms with E-state index in [9.17, 15) is 9.90 Å². The molecular formula is C17H27N3O2. The van der Waals surface area contributed by atoms with Crippen LogP contribution in [0.15, 0.2) is 30.3 Å². The third-order valence-electron chi connectivity index (χ3n) is 4.00. The number of amides is 1. The van der Waals surface area contributed by atoms with Crippen LogP contribution in [0.5, 0.6) is 0 Å². The highest BCUT2D eigenvalue weighted by atomic mass is 16.3. The molecule has 0 saturated carbocycles. The van der Waals surface area contributed by atoms with Gasteiger partial charge in [0.2, 0.25) is 5.91 Å². The molecule has 1 aliphatic heterocycles. The first kappa shape index (κ1) is 16.9. The molecule has 1 aliphatic rings. The normalized spacial score (nSPS) is 23.7. The van der Waals surface area contributed by atoms with E-state index in [1.54, 1.807) is 0 Å². The Labute approximate surface area is 132 Å². The van der Waals surface area contributed by atoms with Gasteiger partial charge in [0.25, 0.3) is 0 Å². The summed E-state index contributed by atoms with van der Waals surface area (Å²) >= 11 is 0. The first-order valence-electron chi connectivity index (χ1n) is 7.96. The van der Waals surface area contributed by atoms with Gasteiger partial charge in [-0.05, 0) is 17.9 Å². The summed E-state index contributed by atoms with van der Waals surface area (Å²) in [7, 11) is 0. The number of hydrogen-bond acceptors (Lipinski definition) is 4. The zero-order chi connectivity index (χ0) is 16.1. The van der Waals surface area contributed by atoms with E-state index in [-0.39, 0.29) is 11.9 Å². The molecule has 122 valence electrons. The maximum absolute atomic E-state index is 12.1. The van der Waals surface area contributed by atoms with E-state index in [4.69, 9.17) is 5.73 Å². The predicted octanol–water partition coefficient (Wildman–Crippen LogP) is 0.721. The van der Waals surface area contributed by atoms with Gasteiger partial charge in [-0.1, -0.05) is 44.2 Å². The quantitative estimate of drug-likeness (QED) is 0.724. The Kier molecular flexibility index (Phi) is 5.94. The van der Waals surface area contributed by atoms with Gasteiger partial charge in [0.05, 0.1) is 18.2 Å². The molecule has 1 heterocycles. The minimum absolute atomic E-state index is 0.167. The highest BCUT2D eigenvalue weighted by molar-refractivity contribution is 5.81. The molecule has 1 fully saturated rings. The number of likely N-dealkylation sites (tertiary alicyclic amines) is 1. The Balaban J connectivity index is 1.84. The molecule has 0 aromatic heterocycles. The first-order valence-corrected chi connectivity index (χ1v) is 7.96. The van der Waals surface area contributed by atoms with Gasteiger partial charge < -0.3 is 16.2 Å². The van der Waals surface area contributed by atoms with Gasteiger partial charge in [-0.3, -0.25) is 9.69 Å². The van der Waals surface area contributed by atoms with Crippen LogP contribution in [0.2, 0.25) is 0 Å². The van der Waals surface area contributed by atoms with Crippen LogP contribution in [0.4, 0.5) is 0 Å². The molecule has 1 saturated heterocycles. The lowest BCUT2D eigenvalue weighted by Crippen LogP contribution is -2.50. The molecule has 0 aliphatic carbocycles. The summed E-state index contributed by atoms with van der Waals surface area (Å²) in [6.07, 6.45) is 0.112. The van der Waals surface area contributed by atoms with Crippen LogP contribution in [0.3, 0.4) is 0 Å². The summed E-state index contributed by atoms with van der Waals surface area (Å²) in [5, 5.41) is 13.0. The van der Waals surface area contributed by atoms with Gasteiger partial charge in [-0.25, -0.2) is 0 Å². The number of nitrogens with two attached hydrogens (primary N) is 1. The zero-order valence-corrected chi connectivity index (χ0v) is 13.4. The molecule has 22 heavy (non-hydrogen) atoms. The SMILES string of the molecule is CC(C)CC(N)C(=O)NC1CN(Cc2ccccc2)CC1O. The number of rotatable bonds is 6. The second-order valence-electron chi connectivity index (χ2n) is 6.60. The molecule has 0 spiro atoms. The molecule has 5 heteroatoms. The molecule has 1 amide bonds. The Morgan fingerprint density at radius 2 is 2.05 bits per heavy atom. The largest absolute Gasteiger partial charge is 0.390 e.